The van der Waals surface area contributed by atoms with Crippen LogP contribution in [0.5, 0.6) is 0 Å². The summed E-state index contributed by atoms with van der Waals surface area (Å²) in [4.78, 5) is 0. The number of hydrogen-bond donors (Lipinski definition) is 1. The molecule has 0 aromatic heterocycles. The summed E-state index contributed by atoms with van der Waals surface area (Å²) < 4.78 is 23.2. The Bertz CT molecular complexity index is 299. The number of fused-ring (bicyclic) bond motifs is 1. The minimum absolute atomic E-state index is 0.240. The molecule has 1 aliphatic heterocycles. The fourth-order valence-corrected chi connectivity index (χ4v) is 2.17. The van der Waals surface area contributed by atoms with Crippen molar-refractivity contribution >= 4 is 19.0 Å². The van der Waals surface area contributed by atoms with E-state index < -0.39 is 11.9 Å². The summed E-state index contributed by atoms with van der Waals surface area (Å²) in [6.07, 6.45) is 0.486. The van der Waals surface area contributed by atoms with Gasteiger partial charge < -0.3 is 18.8 Å². The maximum absolute atomic E-state index is 9.77. The molecule has 83 valence electrons. The molecule has 0 saturated carbocycles. The van der Waals surface area contributed by atoms with Crippen molar-refractivity contribution in [3.8, 4) is 0 Å². The number of aliphatic hydroxyl groups is 1. The topological polar surface area (TPSA) is 47.9 Å². The molecule has 1 heterocycles. The normalized spacial score (nSPS) is 38.5. The minimum atomic E-state index is -0.662. The van der Waals surface area contributed by atoms with E-state index in [1.807, 2.05) is 13.8 Å². The average molecular weight is 231 g/mol. The second-order valence-electron chi connectivity index (χ2n) is 4.11. The zero-order valence-corrected chi connectivity index (χ0v) is 9.49. The van der Waals surface area contributed by atoms with Crippen molar-refractivity contribution in [3.05, 3.63) is 11.6 Å². The quantitative estimate of drug-likeness (QED) is 0.326. The Morgan fingerprint density at radius 3 is 3.27 bits per heavy atom. The van der Waals surface area contributed by atoms with E-state index in [-0.39, 0.29) is 12.2 Å². The van der Waals surface area contributed by atoms with Gasteiger partial charge in [-0.25, -0.2) is 0 Å². The minimum Gasteiger partial charge on any atom is -0.386 e. The molecule has 1 unspecified atom stereocenters. The molecule has 4 nitrogen and oxygen atoms in total. The number of rotatable bonds is 4. The van der Waals surface area contributed by atoms with E-state index in [0.717, 1.165) is 24.6 Å². The lowest BCUT2D eigenvalue weighted by atomic mass is 10.1. The second kappa shape index (κ2) is 4.10. The van der Waals surface area contributed by atoms with Crippen LogP contribution in [-0.2, 0) is 13.7 Å². The second-order valence-corrected chi connectivity index (χ2v) is 4.54. The van der Waals surface area contributed by atoms with Crippen LogP contribution in [0.25, 0.3) is 0 Å². The third-order valence-electron chi connectivity index (χ3n) is 2.51. The van der Waals surface area contributed by atoms with Gasteiger partial charge in [-0.05, 0) is 26.8 Å². The largest absolute Gasteiger partial charge is 0.386 e. The van der Waals surface area contributed by atoms with Crippen LogP contribution in [-0.4, -0.2) is 44.2 Å². The van der Waals surface area contributed by atoms with Gasteiger partial charge in [0.25, 0.3) is 0 Å². The highest BCUT2D eigenvalue weighted by molar-refractivity contribution is 8.15. The Kier molecular flexibility index (Phi) is 2.78. The predicted octanol–water partition coefficient (Wildman–Crippen LogP) is 0.288. The first kappa shape index (κ1) is 10.2. The summed E-state index contributed by atoms with van der Waals surface area (Å²) in [5.41, 5.74) is 0.873. The summed E-state index contributed by atoms with van der Waals surface area (Å²) in [5.74, 6) is -0.662. The van der Waals surface area contributed by atoms with Gasteiger partial charge in [0, 0.05) is 0 Å². The molecular weight excluding hydrogens is 215 g/mol. The van der Waals surface area contributed by atoms with Crippen molar-refractivity contribution in [2.75, 3.05) is 6.61 Å². The smallest absolute Gasteiger partial charge is 0.209 e. The lowest BCUT2D eigenvalue weighted by Gasteiger charge is -2.18. The van der Waals surface area contributed by atoms with Crippen LogP contribution in [0.15, 0.2) is 11.6 Å². The molecule has 1 fully saturated rings. The summed E-state index contributed by atoms with van der Waals surface area (Å²) in [5, 5.41) is 9.77. The first-order valence-electron chi connectivity index (χ1n) is 5.34. The van der Waals surface area contributed by atoms with Gasteiger partial charge >= 0.3 is 0 Å². The van der Waals surface area contributed by atoms with Gasteiger partial charge in [0.05, 0.1) is 6.61 Å². The molecule has 1 aliphatic carbocycles. The molecule has 2 aliphatic rings. The van der Waals surface area contributed by atoms with Crippen LogP contribution < -0.4 is 0 Å². The molecule has 0 aromatic rings. The molecule has 3 atom stereocenters. The van der Waals surface area contributed by atoms with E-state index in [1.54, 1.807) is 6.08 Å². The zero-order chi connectivity index (χ0) is 11.8. The fraction of sp³-hybridized carbons (Fsp3) is 0.778. The van der Waals surface area contributed by atoms with Crippen molar-refractivity contribution in [1.82, 2.24) is 0 Å². The molecule has 15 heavy (non-hydrogen) atoms. The maximum atomic E-state index is 9.77. The fourth-order valence-electron chi connectivity index (χ4n) is 1.97. The summed E-state index contributed by atoms with van der Waals surface area (Å²) in [7, 11) is 1.11. The lowest BCUT2D eigenvalue weighted by Crippen LogP contribution is -2.29. The summed E-state index contributed by atoms with van der Waals surface area (Å²) in [6, 6.07) is 0. The van der Waals surface area contributed by atoms with Gasteiger partial charge in [0.2, 0.25) is 7.09 Å². The van der Waals surface area contributed by atoms with Crippen LogP contribution >= 0.6 is 11.9 Å². The number of hydrogen-bond acceptors (Lipinski definition) is 5. The van der Waals surface area contributed by atoms with Crippen molar-refractivity contribution in [2.24, 2.45) is 0 Å². The van der Waals surface area contributed by atoms with E-state index in [2.05, 4.69) is 0 Å². The van der Waals surface area contributed by atoms with E-state index in [0.29, 0.717) is 6.61 Å². The molecule has 1 saturated heterocycles. The first-order valence-corrected chi connectivity index (χ1v) is 5.56. The molecule has 2 rings (SSSR count). The summed E-state index contributed by atoms with van der Waals surface area (Å²) in [6.45, 7) is 3.98. The molecule has 0 amide bonds. The third-order valence-corrected chi connectivity index (χ3v) is 2.76. The third kappa shape index (κ3) is 2.24. The van der Waals surface area contributed by atoms with Gasteiger partial charge in [0.1, 0.15) is 18.3 Å². The molecular formula is C9H14BO4S. The Hall–Kier alpha value is -0.00506. The van der Waals surface area contributed by atoms with Gasteiger partial charge in [-0.3, -0.25) is 0 Å². The average Bonchev–Trinajstić information content (AvgIpc) is 2.64. The molecule has 0 spiro atoms. The standard InChI is InChI=1S/C9H14BO4S/c1-9(2)13-7-5(4-12-15-10)3-6(11)8(7)14-9/h3,6-8,10-11H,4H2,1-2H3/t6-,7+,8?/m0/s1/i10T. The van der Waals surface area contributed by atoms with Gasteiger partial charge in [0.15, 0.2) is 5.79 Å². The van der Waals surface area contributed by atoms with Crippen LogP contribution in [0, 0.1) is 0 Å². The van der Waals surface area contributed by atoms with Gasteiger partial charge in [-0.2, -0.15) is 0 Å². The highest BCUT2D eigenvalue weighted by Gasteiger charge is 2.49. The first-order chi connectivity index (χ1) is 7.53. The lowest BCUT2D eigenvalue weighted by molar-refractivity contribution is -0.153. The number of ether oxygens (including phenoxy) is 2. The van der Waals surface area contributed by atoms with Crippen molar-refractivity contribution in [2.45, 2.75) is 37.9 Å². The van der Waals surface area contributed by atoms with Gasteiger partial charge in [-0.15, -0.1) is 0 Å². The summed E-state index contributed by atoms with van der Waals surface area (Å²) >= 11 is 0.953. The Morgan fingerprint density at radius 2 is 2.53 bits per heavy atom. The Morgan fingerprint density at radius 1 is 1.73 bits per heavy atom. The van der Waals surface area contributed by atoms with Crippen LogP contribution in [0.3, 0.4) is 0 Å². The van der Waals surface area contributed by atoms with Crippen LogP contribution in [0.4, 0.5) is 0 Å². The number of aliphatic hydroxyl groups excluding tert-OH is 1. The van der Waals surface area contributed by atoms with Crippen LogP contribution in [0.1, 0.15) is 13.8 Å². The predicted molar refractivity (Wildman–Crippen MR) is 58.6 cm³/mol. The van der Waals surface area contributed by atoms with Gasteiger partial charge in [-0.1, -0.05) is 11.9 Å². The van der Waals surface area contributed by atoms with Crippen molar-refractivity contribution < 1.29 is 18.8 Å². The zero-order valence-electron chi connectivity index (χ0n) is 9.67. The Labute approximate surface area is 95.8 Å². The van der Waals surface area contributed by atoms with Crippen molar-refractivity contribution in [3.63, 3.8) is 0 Å². The molecule has 0 bridgehead atoms. The van der Waals surface area contributed by atoms with Crippen LogP contribution in [0.2, 0.25) is 0 Å². The van der Waals surface area contributed by atoms with E-state index in [4.69, 9.17) is 15.0 Å². The molecule has 1 N–H and O–H groups in total. The van der Waals surface area contributed by atoms with E-state index in [1.165, 1.54) is 0 Å². The Balaban J connectivity index is 1.97. The molecule has 1 radical (unpaired) electrons. The van der Waals surface area contributed by atoms with Crippen molar-refractivity contribution in [1.29, 1.82) is 1.34 Å². The monoisotopic (exact) mass is 231 g/mol. The van der Waals surface area contributed by atoms with E-state index in [9.17, 15) is 5.11 Å². The molecule has 0 aromatic carbocycles. The highest BCUT2D eigenvalue weighted by atomic mass is 32.2. The highest BCUT2D eigenvalue weighted by Crippen LogP contribution is 2.38. The SMILES string of the molecule is [3H][B]SOCC1=C[C@H](O)C2OC(C)(C)O[C@H]12. The molecule has 6 heteroatoms. The maximum Gasteiger partial charge on any atom is 0.209 e. The van der Waals surface area contributed by atoms with E-state index >= 15 is 0 Å².